The van der Waals surface area contributed by atoms with Gasteiger partial charge in [0.2, 0.25) is 0 Å². The normalized spacial score (nSPS) is 16.8. The van der Waals surface area contributed by atoms with Crippen LogP contribution >= 0.6 is 0 Å². The van der Waals surface area contributed by atoms with Gasteiger partial charge in [-0.3, -0.25) is 9.59 Å². The van der Waals surface area contributed by atoms with Crippen LogP contribution in [0.3, 0.4) is 0 Å². The number of ketones is 2. The van der Waals surface area contributed by atoms with Crippen LogP contribution in [0, 0.1) is 29.1 Å². The van der Waals surface area contributed by atoms with E-state index in [9.17, 15) is 51.0 Å². The van der Waals surface area contributed by atoms with Crippen molar-refractivity contribution < 1.29 is 74.7 Å². The minimum absolute atomic E-state index is 0.0680. The van der Waals surface area contributed by atoms with E-state index in [0.29, 0.717) is 124 Å². The van der Waals surface area contributed by atoms with Crippen LogP contribution in [0.25, 0.3) is 0 Å². The minimum atomic E-state index is -0.692. The SMILES string of the molecule is CC(=O)c1ccc(N2CCN(C(=O)OC(C)(C)C)CC2)c(F)c1.CC(=O)c1ccc(N2CCNCC2)c(F)c1.CC(O)c1ccc(N2CCN(C(=O)OC(C)(C)C)CC2)c(F)c1.COC(C)c1ccc(N2CCN(C(=O)OC(C)(C)C)CC2)c(F)c1.COC(C)c1ccc(N2CCNCC2)c(F)c1. The van der Waals surface area contributed by atoms with Crippen LogP contribution in [0.15, 0.2) is 91.0 Å². The van der Waals surface area contributed by atoms with Crippen molar-refractivity contribution in [3.63, 3.8) is 0 Å². The average molecular weight is 1450 g/mol. The molecule has 5 aliphatic heterocycles. The number of piperazine rings is 5. The first kappa shape index (κ1) is 83.6. The fraction of sp³-hybridized carbons (Fsp3) is 0.545. The summed E-state index contributed by atoms with van der Waals surface area (Å²) < 4.78 is 97.1. The average Bonchev–Trinajstić information content (AvgIpc) is 0.840. The van der Waals surface area contributed by atoms with Crippen LogP contribution in [0.1, 0.15) is 153 Å². The number of anilines is 5. The first-order chi connectivity index (χ1) is 48.5. The molecule has 26 heteroatoms. The molecular weight excluding hydrogens is 1340 g/mol. The van der Waals surface area contributed by atoms with Crippen molar-refractivity contribution in [1.82, 2.24) is 25.3 Å². The molecular formula is C77H109F5N10O11. The Hall–Kier alpha value is -8.30. The molecule has 5 aliphatic rings. The van der Waals surface area contributed by atoms with Crippen LogP contribution < -0.4 is 35.1 Å². The number of carbonyl (C=O) groups excluding carboxylic acids is 5. The summed E-state index contributed by atoms with van der Waals surface area (Å²) >= 11 is 0. The fourth-order valence-corrected chi connectivity index (χ4v) is 11.5. The van der Waals surface area contributed by atoms with Gasteiger partial charge in [0.15, 0.2) is 11.6 Å². The third-order valence-corrected chi connectivity index (χ3v) is 17.5. The number of aliphatic hydroxyl groups is 1. The van der Waals surface area contributed by atoms with Gasteiger partial charge in [0.25, 0.3) is 0 Å². The first-order valence-corrected chi connectivity index (χ1v) is 35.3. The van der Waals surface area contributed by atoms with Crippen molar-refractivity contribution in [3.8, 4) is 0 Å². The summed E-state index contributed by atoms with van der Waals surface area (Å²) in [4.78, 5) is 73.2. The Kier molecular flexibility index (Phi) is 31.2. The molecule has 21 nitrogen and oxygen atoms in total. The number of methoxy groups -OCH3 is 2. The predicted molar refractivity (Wildman–Crippen MR) is 394 cm³/mol. The van der Waals surface area contributed by atoms with E-state index >= 15 is 0 Å². The van der Waals surface area contributed by atoms with E-state index in [0.717, 1.165) is 63.5 Å². The zero-order chi connectivity index (χ0) is 76.1. The summed E-state index contributed by atoms with van der Waals surface area (Å²) in [5.41, 5.74) is 4.28. The topological polar surface area (TPSA) is 202 Å². The number of Topliss-reactive ketones (excluding diaryl/α,β-unsaturated/α-hetero) is 2. The number of nitrogens with zero attached hydrogens (tertiary/aromatic N) is 8. The molecule has 103 heavy (non-hydrogen) atoms. The Balaban J connectivity index is 0.000000204. The predicted octanol–water partition coefficient (Wildman–Crippen LogP) is 13.0. The highest BCUT2D eigenvalue weighted by atomic mass is 19.1. The standard InChI is InChI=1S/C18H27FN2O3.C17H25FN2O3.C17H23FN2O3.C13H19FN2O.C12H15FN2O/c1-13(23-5)14-6-7-16(15(19)12-14)20-8-10-21(11-9-20)17(22)24-18(2,3)4;2*1-12(21)13-5-6-15(14(18)11-13)19-7-9-20(10-8-19)16(22)23-17(2,3)4;1-10(17-2)11-3-4-13(12(14)9-11)16-7-5-15-6-8-16;1-9(16)10-2-3-12(11(13)8-10)15-6-4-14-5-7-15/h6-7,12-13H,8-11H2,1-5H3;5-6,11-12,21H,7-10H2,1-4H3;5-6,11H,7-10H2,1-4H3;3-4,9-10,15H,5-8H2,1-2H3;2-3,8,14H,4-7H2,1H3. The van der Waals surface area contributed by atoms with Crippen LogP contribution in [-0.2, 0) is 23.7 Å². The van der Waals surface area contributed by atoms with Crippen LogP contribution in [-0.4, -0.2) is 212 Å². The monoisotopic (exact) mass is 1440 g/mol. The number of carbonyl (C=O) groups is 5. The van der Waals surface area contributed by atoms with Gasteiger partial charge in [0, 0.05) is 156 Å². The minimum Gasteiger partial charge on any atom is -0.444 e. The zero-order valence-corrected chi connectivity index (χ0v) is 63.0. The van der Waals surface area contributed by atoms with Crippen molar-refractivity contribution >= 4 is 58.3 Å². The molecule has 5 aromatic rings. The molecule has 0 aliphatic carbocycles. The highest BCUT2D eigenvalue weighted by molar-refractivity contribution is 5.95. The quantitative estimate of drug-likeness (QED) is 0.0604. The number of benzene rings is 5. The second kappa shape index (κ2) is 38.5. The lowest BCUT2D eigenvalue weighted by Crippen LogP contribution is -2.50. The Morgan fingerprint density at radius 2 is 0.602 bits per heavy atom. The number of hydrogen-bond acceptors (Lipinski definition) is 18. The van der Waals surface area contributed by atoms with E-state index in [1.807, 2.05) is 114 Å². The van der Waals surface area contributed by atoms with Crippen molar-refractivity contribution in [3.05, 3.63) is 148 Å². The van der Waals surface area contributed by atoms with Crippen LogP contribution in [0.2, 0.25) is 0 Å². The molecule has 3 atom stereocenters. The summed E-state index contributed by atoms with van der Waals surface area (Å²) in [6.45, 7) is 37.9. The molecule has 0 aromatic heterocycles. The van der Waals surface area contributed by atoms with E-state index in [1.54, 1.807) is 84.4 Å². The second-order valence-corrected chi connectivity index (χ2v) is 28.8. The number of aliphatic hydroxyl groups excluding tert-OH is 1. The van der Waals surface area contributed by atoms with Crippen LogP contribution in [0.4, 0.5) is 64.8 Å². The molecule has 3 unspecified atom stereocenters. The lowest BCUT2D eigenvalue weighted by atomic mass is 10.1. The number of hydrogen-bond donors (Lipinski definition) is 3. The molecule has 0 radical (unpaired) electrons. The first-order valence-electron chi connectivity index (χ1n) is 35.3. The molecule has 0 saturated carbocycles. The van der Waals surface area contributed by atoms with Crippen LogP contribution in [0.5, 0.6) is 0 Å². The summed E-state index contributed by atoms with van der Waals surface area (Å²) in [6.07, 6.45) is -1.89. The van der Waals surface area contributed by atoms with Crippen molar-refractivity contribution in [2.45, 2.75) is 132 Å². The second-order valence-electron chi connectivity index (χ2n) is 28.8. The fourth-order valence-electron chi connectivity index (χ4n) is 11.5. The maximum Gasteiger partial charge on any atom is 0.410 e. The van der Waals surface area contributed by atoms with Gasteiger partial charge in [-0.1, -0.05) is 18.2 Å². The van der Waals surface area contributed by atoms with Crippen molar-refractivity contribution in [2.24, 2.45) is 0 Å². The van der Waals surface area contributed by atoms with Crippen molar-refractivity contribution in [2.75, 3.05) is 170 Å². The number of amides is 3. The van der Waals surface area contributed by atoms with Gasteiger partial charge in [-0.2, -0.15) is 0 Å². The lowest BCUT2D eigenvalue weighted by Gasteiger charge is -2.37. The Bertz CT molecular complexity index is 3590. The maximum absolute atomic E-state index is 14.4. The highest BCUT2D eigenvalue weighted by Crippen LogP contribution is 2.30. The van der Waals surface area contributed by atoms with Gasteiger partial charge in [-0.25, -0.2) is 36.3 Å². The van der Waals surface area contributed by atoms with Gasteiger partial charge >= 0.3 is 18.3 Å². The number of ether oxygens (including phenoxy) is 5. The summed E-state index contributed by atoms with van der Waals surface area (Å²) in [7, 11) is 3.24. The maximum atomic E-state index is 14.4. The molecule has 3 N–H and O–H groups in total. The Morgan fingerprint density at radius 1 is 0.369 bits per heavy atom. The van der Waals surface area contributed by atoms with E-state index in [4.69, 9.17) is 23.7 Å². The van der Waals surface area contributed by atoms with Gasteiger partial charge in [-0.15, -0.1) is 0 Å². The van der Waals surface area contributed by atoms with Gasteiger partial charge in [-0.05, 0) is 186 Å². The molecule has 3 amide bonds. The number of nitrogens with one attached hydrogen (secondary N) is 2. The van der Waals surface area contributed by atoms with Gasteiger partial charge in [0.05, 0.1) is 46.7 Å². The van der Waals surface area contributed by atoms with E-state index in [1.165, 1.54) is 38.1 Å². The summed E-state index contributed by atoms with van der Waals surface area (Å²) in [6, 6.07) is 24.5. The molecule has 568 valence electrons. The lowest BCUT2D eigenvalue weighted by molar-refractivity contribution is 0.0230. The highest BCUT2D eigenvalue weighted by Gasteiger charge is 2.31. The molecule has 0 spiro atoms. The Labute approximate surface area is 605 Å². The number of halogens is 5. The third kappa shape index (κ3) is 26.1. The third-order valence-electron chi connectivity index (χ3n) is 17.5. The van der Waals surface area contributed by atoms with E-state index < -0.39 is 28.7 Å². The smallest absolute Gasteiger partial charge is 0.410 e. The molecule has 5 aromatic carbocycles. The largest absolute Gasteiger partial charge is 0.444 e. The molecule has 5 saturated heterocycles. The Morgan fingerprint density at radius 3 is 0.825 bits per heavy atom. The van der Waals surface area contributed by atoms with Gasteiger partial charge in [0.1, 0.15) is 45.9 Å². The summed E-state index contributed by atoms with van der Waals surface area (Å²) in [5.74, 6) is -1.77. The number of rotatable bonds is 12. The molecule has 10 rings (SSSR count). The van der Waals surface area contributed by atoms with E-state index in [2.05, 4.69) is 15.5 Å². The molecule has 5 fully saturated rings. The zero-order valence-electron chi connectivity index (χ0n) is 63.0. The molecule has 0 bridgehead atoms. The summed E-state index contributed by atoms with van der Waals surface area (Å²) in [5, 5.41) is 16.0. The molecule has 5 heterocycles. The van der Waals surface area contributed by atoms with Gasteiger partial charge < -0.3 is 78.6 Å². The van der Waals surface area contributed by atoms with Crippen molar-refractivity contribution in [1.29, 1.82) is 0 Å². The van der Waals surface area contributed by atoms with E-state index in [-0.39, 0.29) is 65.3 Å².